The first-order valence-electron chi connectivity index (χ1n) is 38.0. The molecule has 9 N–H and O–H groups in total. The number of carboxylic acid groups (broad SMARTS) is 2. The van der Waals surface area contributed by atoms with Gasteiger partial charge in [-0.2, -0.15) is 102 Å². The molecule has 42 nitrogen and oxygen atoms in total. The van der Waals surface area contributed by atoms with Crippen LogP contribution in [0.5, 0.6) is 0 Å². The van der Waals surface area contributed by atoms with Gasteiger partial charge < -0.3 is 135 Å². The van der Waals surface area contributed by atoms with Gasteiger partial charge in [-0.05, 0) is 57.2 Å². The Bertz CT molecular complexity index is 4370. The molecule has 7 atom stereocenters. The molecule has 7 heterocycles. The van der Waals surface area contributed by atoms with Gasteiger partial charge in [0, 0.05) is 122 Å². The first kappa shape index (κ1) is 173. The first-order chi connectivity index (χ1) is 62.3. The second kappa shape index (κ2) is 90.1. The topological polar surface area (TPSA) is 612 Å². The van der Waals surface area contributed by atoms with Crippen LogP contribution in [0.15, 0.2) is 92.6 Å². The summed E-state index contributed by atoms with van der Waals surface area (Å²) in [7, 11) is -0.628. The zero-order valence-electron chi connectivity index (χ0n) is 80.0. The summed E-state index contributed by atoms with van der Waals surface area (Å²) in [5.74, 6) is -2.03. The number of pyridine rings is 2. The van der Waals surface area contributed by atoms with Crippen molar-refractivity contribution in [2.24, 2.45) is 19.8 Å². The van der Waals surface area contributed by atoms with E-state index in [9.17, 15) is 129 Å². The number of amides is 2. The summed E-state index contributed by atoms with van der Waals surface area (Å²) in [6.45, 7) is 9.27. The number of rotatable bonds is 21. The van der Waals surface area contributed by atoms with E-state index in [4.69, 9.17) is 87.7 Å². The Morgan fingerprint density at radius 2 is 0.965 bits per heavy atom. The number of aryl methyl sites for hydroxylation is 2. The van der Waals surface area contributed by atoms with Crippen molar-refractivity contribution in [2.45, 2.75) is 178 Å². The normalized spacial score (nSPS) is 14.7. The molecule has 2 amide bonds. The van der Waals surface area contributed by atoms with E-state index in [2.05, 4.69) is 104 Å². The van der Waals surface area contributed by atoms with E-state index in [1.54, 1.807) is 23.6 Å². The molecule has 3 aromatic heterocycles. The maximum Gasteiger partial charge on any atom is 1.00 e. The molecule has 840 valence electrons. The van der Waals surface area contributed by atoms with Crippen molar-refractivity contribution in [3.05, 3.63) is 115 Å². The number of halogens is 21. The molecule has 0 bridgehead atoms. The number of hydrogen-bond donors (Lipinski definition) is 8. The van der Waals surface area contributed by atoms with Gasteiger partial charge in [0.2, 0.25) is 11.8 Å². The number of aliphatic hydroxyl groups is 6. The van der Waals surface area contributed by atoms with E-state index in [1.165, 1.54) is 51.3 Å². The summed E-state index contributed by atoms with van der Waals surface area (Å²) in [6.07, 6.45) is 21.7. The molecule has 0 aliphatic carbocycles. The number of unbranched alkanes of at least 4 members (excludes halogenated alkanes) is 2. The summed E-state index contributed by atoms with van der Waals surface area (Å²) >= 11 is 3.54. The Labute approximate surface area is 885 Å². The Hall–Kier alpha value is -6.78. The van der Waals surface area contributed by atoms with Crippen molar-refractivity contribution < 1.29 is 285 Å². The number of carbonyl (C=O) groups excluding carboxylic acids is 3. The molecule has 2 saturated heterocycles. The number of alkyl halides is 16. The predicted octanol–water partition coefficient (Wildman–Crippen LogP) is -6.05. The van der Waals surface area contributed by atoms with Crippen LogP contribution in [0.3, 0.4) is 0 Å². The third kappa shape index (κ3) is 107. The molecule has 3 aromatic rings. The minimum absolute atomic E-state index is 0. The van der Waals surface area contributed by atoms with E-state index in [-0.39, 0.29) is 137 Å². The van der Waals surface area contributed by atoms with Gasteiger partial charge >= 0.3 is 116 Å². The van der Waals surface area contributed by atoms with Gasteiger partial charge in [-0.15, -0.1) is 11.6 Å². The van der Waals surface area contributed by atoms with Gasteiger partial charge in [0.15, 0.2) is 49.2 Å². The molecule has 0 aromatic carbocycles. The maximum absolute atomic E-state index is 11.4. The van der Waals surface area contributed by atoms with Crippen LogP contribution >= 0.6 is 11.6 Å². The number of carboxylic acids is 2. The smallest absolute Gasteiger partial charge is 1.00 e. The number of imidazole rings is 1. The van der Waals surface area contributed by atoms with Crippen molar-refractivity contribution in [3.63, 3.8) is 0 Å². The number of sulfonamides is 2. The summed E-state index contributed by atoms with van der Waals surface area (Å²) in [6, 6.07) is 12.4. The van der Waals surface area contributed by atoms with Crippen molar-refractivity contribution in [1.29, 1.82) is 10.5 Å². The fraction of sp³-hybridized carbons (Fsp3) is 0.671. The second-order valence-corrected chi connectivity index (χ2v) is 36.0. The van der Waals surface area contributed by atoms with Gasteiger partial charge in [-0.1, -0.05) is 47.6 Å². The van der Waals surface area contributed by atoms with Crippen LogP contribution in [0.1, 0.15) is 130 Å². The van der Waals surface area contributed by atoms with E-state index in [1.807, 2.05) is 133 Å². The summed E-state index contributed by atoms with van der Waals surface area (Å²) in [4.78, 5) is 61.9. The van der Waals surface area contributed by atoms with Crippen LogP contribution in [-0.2, 0) is 101 Å². The van der Waals surface area contributed by atoms with Crippen LogP contribution < -0.4 is 88.6 Å². The van der Waals surface area contributed by atoms with Gasteiger partial charge in [0.1, 0.15) is 38.4 Å². The third-order valence-corrected chi connectivity index (χ3v) is 19.0. The fourth-order valence-electron chi connectivity index (χ4n) is 8.25. The molecule has 71 heteroatoms. The third-order valence-electron chi connectivity index (χ3n) is 14.3. The van der Waals surface area contributed by atoms with E-state index >= 15 is 0 Å². The zero-order chi connectivity index (χ0) is 111. The van der Waals surface area contributed by atoms with E-state index in [0.29, 0.717) is 42.0 Å². The molecule has 0 radical (unpaired) electrons. The van der Waals surface area contributed by atoms with Gasteiger partial charge in [0.05, 0.1) is 137 Å². The number of carbonyl (C=O) groups is 4. The van der Waals surface area contributed by atoms with Crippen LogP contribution in [0, 0.1) is 29.3 Å². The predicted molar refractivity (Wildman–Crippen MR) is 469 cm³/mol. The summed E-state index contributed by atoms with van der Waals surface area (Å²) in [5, 5.41) is 84.1. The molecular weight excluding hydrogens is 2190 g/mol. The average molecular weight is 2310 g/mol. The first-order valence-corrected chi connectivity index (χ1v) is 45.6. The number of aliphatic carboxylic acids is 2. The molecule has 4 aliphatic heterocycles. The van der Waals surface area contributed by atoms with Crippen molar-refractivity contribution in [2.75, 3.05) is 130 Å². The number of quaternary nitrogens is 2. The van der Waals surface area contributed by atoms with Gasteiger partial charge in [0.25, 0.3) is 0 Å². The van der Waals surface area contributed by atoms with Crippen LogP contribution in [0.2, 0.25) is 0 Å². The van der Waals surface area contributed by atoms with Crippen LogP contribution in [-0.4, -0.2) is 356 Å². The molecule has 2 fully saturated rings. The Balaban J connectivity index is -0.0000000874. The average Bonchev–Trinajstić information content (AvgIpc) is 1.78. The monoisotopic (exact) mass is 2310 g/mol. The molecule has 7 rings (SSSR count). The standard InChI is InChI=1S/C11H15N2O.C10H12N2O.2C8H16N2.2C7H15N2O.C4H6N2.C3H7ClO2.2C3H6O3.C2F6NO4S2.C2H3F3O3S.CH2F3N.CHF3O3S.CF3.2CH4.2ClH.Li.Na.2O2S/c1-12-7-3-4-9(8-12)10-5-6-11(14)13(10)2;1-12-9(4-5-10(12)13)8-3-2-6-11-7-8;2*1-3-4-5-10-7-6-9(2)8-10;2*1-9(2,3)6-7(10)4-5-8;1-6-3-2-5-4-6;4-1-3(6)2-5;2*1-2(4)3(5)6;3-1(4,5)14(10,11)9-15(12,13)2(6,7)8;1-8-9(6,7)2(3,4)5;2-1(3,4)5;2-1(3,4)8(5,6)7;2-1(3)4;;;;;;;2*1-3-2/h3-4,7-8,10H,5-6H2,1-2H3;2-3,6-7,9H,4-5H2,1H3;2*6-7H,3-5,8H2,1-2H3;2*7,10H,4,6H2,1-3H3;2-4H,1H3;3,5-6H,1-2H2;2*2,4H,1H3,(H,5,6);;1H3;5H2;(H,5,6,7);;2*1H4;2*1H;;;;/q+1;;;;2*+1;;;;;-1;;;;-1;;;;;2*+1;;/p-4/t10-;9-;;;2*7-;;3-;2*2-;;;;;;;;;;;;;/m00..00.100............./s1. The molecule has 0 spiro atoms. The van der Waals surface area contributed by atoms with Gasteiger partial charge in [-0.25, -0.2) is 45.3 Å². The Morgan fingerprint density at radius 1 is 0.646 bits per heavy atom. The number of nitriles is 2. The Kier molecular flexibility index (Phi) is 108. The molecule has 0 saturated carbocycles. The zero-order valence-corrected chi connectivity index (χ0v) is 89.2. The number of aliphatic hydroxyl groups excluding tert-OH is 6. The molecule has 0 unspecified atom stereocenters. The van der Waals surface area contributed by atoms with E-state index in [0.717, 1.165) is 42.8 Å². The number of aromatic nitrogens is 4. The van der Waals surface area contributed by atoms with Crippen molar-refractivity contribution in [3.8, 4) is 12.1 Å². The summed E-state index contributed by atoms with van der Waals surface area (Å²) < 4.78 is 322. The number of likely N-dealkylation sites (N-methyl/N-ethyl adjacent to an activating group) is 2. The van der Waals surface area contributed by atoms with Crippen LogP contribution in [0.4, 0.5) is 79.0 Å². The molecular formula is C73H126Cl3F18LiN16NaO26S6-. The van der Waals surface area contributed by atoms with Crippen molar-refractivity contribution >= 4 is 98.8 Å². The Morgan fingerprint density at radius 3 is 1.13 bits per heavy atom. The van der Waals surface area contributed by atoms with Gasteiger partial charge in [-0.3, -0.25) is 18.8 Å². The fourth-order valence-corrected chi connectivity index (χ4v) is 10.2. The van der Waals surface area contributed by atoms with Crippen molar-refractivity contribution in [1.82, 2.24) is 43.9 Å². The number of likely N-dealkylation sites (tertiary alicyclic amines) is 2. The quantitative estimate of drug-likeness (QED) is 0.00470. The number of hydrogen-bond acceptors (Lipinski definition) is 34. The largest absolute Gasteiger partial charge is 1.00 e. The molecule has 144 heavy (non-hydrogen) atoms. The minimum atomic E-state index is -6.72. The minimum Gasteiger partial charge on any atom is -1.00 e. The SMILES string of the molecule is C.C.CCCCN1C=CN(C)C1.CCCCN1C=CN(C)C1.CN1C(=O)CC[C@H]1c1ccc[n+](C)c1.CN1C(=O)CC[C@H]1c1cccnc1.COS(=O)(=O)C(F)(F)F.C[C@H](O)C(=O)O.C[C@H](O)C(=O)[O-].C[N+](C)(C)C[C@@H](O)CC#N.C[N+](C)(C)C[C@@H](O)CC#N.Cn1ccnc1.F[C-](F)F.NC(F)(F)F.O=S(=O)([N-]S(=O)(=O)C(F)(F)F)C(F)(F)F.O=S(=O)([O-])C(F)(F)F.O=S=O.O=S=O.OC[C@H](O)CCl.[Cl-].[Cl-].[Li+].[Na+]. The number of nitrogens with zero attached hydrogens (tertiary/aromatic N) is 15. The second-order valence-electron chi connectivity index (χ2n) is 28.9. The number of nitrogens with two attached hydrogens (primary N) is 1. The molecule has 4 aliphatic rings. The summed E-state index contributed by atoms with van der Waals surface area (Å²) in [5.41, 5.74) is -17.6. The van der Waals surface area contributed by atoms with Crippen LogP contribution in [0.25, 0.3) is 4.13 Å². The maximum atomic E-state index is 11.4. The van der Waals surface area contributed by atoms with E-state index < -0.39 is 141 Å².